The highest BCUT2D eigenvalue weighted by atomic mass is 79.9. The van der Waals surface area contributed by atoms with Crippen LogP contribution in [-0.2, 0) is 6.42 Å². The van der Waals surface area contributed by atoms with E-state index in [4.69, 9.17) is 0 Å². The van der Waals surface area contributed by atoms with Crippen LogP contribution < -0.4 is 0 Å². The Balaban J connectivity index is 1.40. The number of hydrogen-bond donors (Lipinski definition) is 0. The van der Waals surface area contributed by atoms with Gasteiger partial charge in [0.2, 0.25) is 0 Å². The standard InChI is InChI=1S/C19H22BrNOS/c20-19-7-6-18(23-19)17(22)10-13-21-11-8-16(9-12-21)14-15-4-2-1-3-5-15/h1-7,16H,8-14H2. The largest absolute Gasteiger partial charge is 0.303 e. The van der Waals surface area contributed by atoms with E-state index in [0.29, 0.717) is 6.42 Å². The van der Waals surface area contributed by atoms with Crippen molar-refractivity contribution in [3.63, 3.8) is 0 Å². The van der Waals surface area contributed by atoms with E-state index in [2.05, 4.69) is 51.2 Å². The average molecular weight is 392 g/mol. The lowest BCUT2D eigenvalue weighted by atomic mass is 9.90. The van der Waals surface area contributed by atoms with Crippen LogP contribution in [0.1, 0.15) is 34.5 Å². The Hall–Kier alpha value is -0.970. The molecule has 1 aromatic carbocycles. The topological polar surface area (TPSA) is 20.3 Å². The zero-order chi connectivity index (χ0) is 16.1. The smallest absolute Gasteiger partial charge is 0.174 e. The molecule has 1 aliphatic heterocycles. The molecule has 0 spiro atoms. The second kappa shape index (κ2) is 8.22. The van der Waals surface area contributed by atoms with Crippen LogP contribution in [0.3, 0.4) is 0 Å². The minimum absolute atomic E-state index is 0.270. The van der Waals surface area contributed by atoms with E-state index in [1.165, 1.54) is 36.2 Å². The molecule has 0 bridgehead atoms. The summed E-state index contributed by atoms with van der Waals surface area (Å²) in [5.41, 5.74) is 1.45. The number of carbonyl (C=O) groups excluding carboxylic acids is 1. The summed E-state index contributed by atoms with van der Waals surface area (Å²) in [6, 6.07) is 14.7. The lowest BCUT2D eigenvalue weighted by molar-refractivity contribution is 0.0955. The van der Waals surface area contributed by atoms with Gasteiger partial charge in [0.1, 0.15) is 0 Å². The lowest BCUT2D eigenvalue weighted by Gasteiger charge is -2.31. The van der Waals surface area contributed by atoms with Gasteiger partial charge < -0.3 is 4.90 Å². The van der Waals surface area contributed by atoms with Crippen molar-refractivity contribution in [2.75, 3.05) is 19.6 Å². The zero-order valence-electron chi connectivity index (χ0n) is 13.2. The molecule has 2 heterocycles. The Morgan fingerprint density at radius 1 is 1.13 bits per heavy atom. The average Bonchev–Trinajstić information content (AvgIpc) is 3.01. The maximum absolute atomic E-state index is 12.2. The normalized spacial score (nSPS) is 16.6. The molecule has 4 heteroatoms. The van der Waals surface area contributed by atoms with Gasteiger partial charge in [-0.3, -0.25) is 4.79 Å². The SMILES string of the molecule is O=C(CCN1CCC(Cc2ccccc2)CC1)c1ccc(Br)s1. The van der Waals surface area contributed by atoms with Gasteiger partial charge in [0.05, 0.1) is 8.66 Å². The number of nitrogens with zero attached hydrogens (tertiary/aromatic N) is 1. The van der Waals surface area contributed by atoms with Gasteiger partial charge in [0.25, 0.3) is 0 Å². The molecule has 0 aliphatic carbocycles. The molecule has 122 valence electrons. The van der Waals surface area contributed by atoms with Crippen LogP contribution in [0.4, 0.5) is 0 Å². The summed E-state index contributed by atoms with van der Waals surface area (Å²) in [6.45, 7) is 3.14. The lowest BCUT2D eigenvalue weighted by Crippen LogP contribution is -2.35. The molecule has 0 N–H and O–H groups in total. The number of ketones is 1. The summed E-state index contributed by atoms with van der Waals surface area (Å²) in [5, 5.41) is 0. The first-order chi connectivity index (χ1) is 11.2. The van der Waals surface area contributed by atoms with Crippen LogP contribution in [0.25, 0.3) is 0 Å². The number of halogens is 1. The predicted octanol–water partition coefficient (Wildman–Crippen LogP) is 5.04. The summed E-state index contributed by atoms with van der Waals surface area (Å²) in [5.74, 6) is 1.06. The first-order valence-corrected chi connectivity index (χ1v) is 9.86. The molecule has 2 aromatic rings. The van der Waals surface area contributed by atoms with Crippen LogP contribution in [0.2, 0.25) is 0 Å². The fourth-order valence-electron chi connectivity index (χ4n) is 3.21. The van der Waals surface area contributed by atoms with Gasteiger partial charge in [-0.1, -0.05) is 30.3 Å². The van der Waals surface area contributed by atoms with Crippen molar-refractivity contribution in [2.45, 2.75) is 25.7 Å². The molecule has 1 aliphatic rings. The quantitative estimate of drug-likeness (QED) is 0.642. The van der Waals surface area contributed by atoms with Crippen molar-refractivity contribution in [2.24, 2.45) is 5.92 Å². The van der Waals surface area contributed by atoms with Crippen LogP contribution in [0.5, 0.6) is 0 Å². The number of thiophene rings is 1. The Labute approximate surface area is 150 Å². The minimum atomic E-state index is 0.270. The Kier molecular flexibility index (Phi) is 6.03. The van der Waals surface area contributed by atoms with Gasteiger partial charge in [-0.2, -0.15) is 0 Å². The fourth-order valence-corrected chi connectivity index (χ4v) is 4.56. The number of piperidine rings is 1. The number of Topliss-reactive ketones (excluding diaryl/α,β-unsaturated/α-hetero) is 1. The molecule has 1 aromatic heterocycles. The molecule has 1 saturated heterocycles. The Morgan fingerprint density at radius 3 is 2.52 bits per heavy atom. The molecular formula is C19H22BrNOS. The van der Waals surface area contributed by atoms with Crippen LogP contribution in [-0.4, -0.2) is 30.3 Å². The maximum atomic E-state index is 12.2. The minimum Gasteiger partial charge on any atom is -0.303 e. The predicted molar refractivity (Wildman–Crippen MR) is 100 cm³/mol. The third-order valence-electron chi connectivity index (χ3n) is 4.58. The molecule has 0 radical (unpaired) electrons. The van der Waals surface area contributed by atoms with Crippen LogP contribution >= 0.6 is 27.3 Å². The molecule has 3 rings (SSSR count). The Bertz CT molecular complexity index is 632. The number of likely N-dealkylation sites (tertiary alicyclic amines) is 1. The molecular weight excluding hydrogens is 370 g/mol. The van der Waals surface area contributed by atoms with Crippen molar-refractivity contribution >= 4 is 33.0 Å². The molecule has 0 atom stereocenters. The maximum Gasteiger partial charge on any atom is 0.174 e. The first-order valence-electron chi connectivity index (χ1n) is 8.25. The highest BCUT2D eigenvalue weighted by Crippen LogP contribution is 2.24. The highest BCUT2D eigenvalue weighted by molar-refractivity contribution is 9.11. The van der Waals surface area contributed by atoms with Gasteiger partial charge in [-0.25, -0.2) is 0 Å². The fraction of sp³-hybridized carbons (Fsp3) is 0.421. The first kappa shape index (κ1) is 16.9. The summed E-state index contributed by atoms with van der Waals surface area (Å²) >= 11 is 4.95. The number of benzene rings is 1. The number of rotatable bonds is 6. The van der Waals surface area contributed by atoms with Crippen molar-refractivity contribution in [3.05, 3.63) is 56.7 Å². The zero-order valence-corrected chi connectivity index (χ0v) is 15.6. The van der Waals surface area contributed by atoms with E-state index in [1.54, 1.807) is 0 Å². The van der Waals surface area contributed by atoms with Crippen molar-refractivity contribution in [1.29, 1.82) is 0 Å². The molecule has 0 amide bonds. The van der Waals surface area contributed by atoms with E-state index in [1.807, 2.05) is 12.1 Å². The van der Waals surface area contributed by atoms with E-state index in [-0.39, 0.29) is 5.78 Å². The molecule has 1 fully saturated rings. The van der Waals surface area contributed by atoms with Crippen molar-refractivity contribution in [3.8, 4) is 0 Å². The van der Waals surface area contributed by atoms with Gasteiger partial charge in [-0.05, 0) is 71.9 Å². The summed E-state index contributed by atoms with van der Waals surface area (Å²) in [6.07, 6.45) is 4.31. The molecule has 0 saturated carbocycles. The van der Waals surface area contributed by atoms with E-state index in [9.17, 15) is 4.79 Å². The van der Waals surface area contributed by atoms with E-state index in [0.717, 1.165) is 34.2 Å². The number of hydrogen-bond acceptors (Lipinski definition) is 3. The number of carbonyl (C=O) groups is 1. The summed E-state index contributed by atoms with van der Waals surface area (Å²) in [4.78, 5) is 15.5. The third kappa shape index (κ3) is 5.00. The van der Waals surface area contributed by atoms with Crippen molar-refractivity contribution < 1.29 is 4.79 Å². The molecule has 2 nitrogen and oxygen atoms in total. The van der Waals surface area contributed by atoms with E-state index < -0.39 is 0 Å². The van der Waals surface area contributed by atoms with Gasteiger partial charge in [0.15, 0.2) is 5.78 Å². The second-order valence-corrected chi connectivity index (χ2v) is 8.71. The monoisotopic (exact) mass is 391 g/mol. The molecule has 23 heavy (non-hydrogen) atoms. The van der Waals surface area contributed by atoms with Gasteiger partial charge >= 0.3 is 0 Å². The van der Waals surface area contributed by atoms with Crippen LogP contribution in [0, 0.1) is 5.92 Å². The third-order valence-corrected chi connectivity index (χ3v) is 6.24. The van der Waals surface area contributed by atoms with Gasteiger partial charge in [0, 0.05) is 13.0 Å². The van der Waals surface area contributed by atoms with Gasteiger partial charge in [-0.15, -0.1) is 11.3 Å². The second-order valence-electron chi connectivity index (χ2n) is 6.25. The van der Waals surface area contributed by atoms with E-state index >= 15 is 0 Å². The summed E-state index contributed by atoms with van der Waals surface area (Å²) in [7, 11) is 0. The van der Waals surface area contributed by atoms with Crippen molar-refractivity contribution in [1.82, 2.24) is 4.90 Å². The van der Waals surface area contributed by atoms with Crippen LogP contribution in [0.15, 0.2) is 46.3 Å². The highest BCUT2D eigenvalue weighted by Gasteiger charge is 2.20. The Morgan fingerprint density at radius 2 is 1.87 bits per heavy atom. The summed E-state index contributed by atoms with van der Waals surface area (Å²) < 4.78 is 1.03. The molecule has 0 unspecified atom stereocenters.